The number of piperazine rings is 1. The Kier molecular flexibility index (Phi) is 7.48. The summed E-state index contributed by atoms with van der Waals surface area (Å²) in [4.78, 5) is 30.9. The van der Waals surface area contributed by atoms with Gasteiger partial charge in [0.05, 0.1) is 5.25 Å². The monoisotopic (exact) mass is 424 g/mol. The van der Waals surface area contributed by atoms with Gasteiger partial charge in [-0.2, -0.15) is 0 Å². The molecular weight excluding hydrogens is 396 g/mol. The van der Waals surface area contributed by atoms with Crippen LogP contribution in [0.4, 0.5) is 4.79 Å². The van der Waals surface area contributed by atoms with E-state index in [2.05, 4.69) is 10.2 Å². The number of hydrogen-bond acceptors (Lipinski definition) is 4. The zero-order valence-corrected chi connectivity index (χ0v) is 18.1. The number of amides is 3. The molecule has 2 aliphatic heterocycles. The molecular formula is C20H29ClN4O2S. The highest BCUT2D eigenvalue weighted by Gasteiger charge is 2.39. The van der Waals surface area contributed by atoms with Gasteiger partial charge in [-0.05, 0) is 19.4 Å². The Morgan fingerprint density at radius 2 is 1.93 bits per heavy atom. The quantitative estimate of drug-likeness (QED) is 0.762. The maximum Gasteiger partial charge on any atom is 0.317 e. The molecule has 2 saturated heterocycles. The van der Waals surface area contributed by atoms with Crippen molar-refractivity contribution in [3.63, 3.8) is 0 Å². The highest BCUT2D eigenvalue weighted by atomic mass is 35.5. The van der Waals surface area contributed by atoms with Crippen LogP contribution in [0.15, 0.2) is 24.3 Å². The average molecular weight is 425 g/mol. The minimum absolute atomic E-state index is 0.0280. The smallest absolute Gasteiger partial charge is 0.317 e. The second-order valence-electron chi connectivity index (χ2n) is 7.24. The molecule has 0 spiro atoms. The predicted molar refractivity (Wildman–Crippen MR) is 115 cm³/mol. The van der Waals surface area contributed by atoms with Crippen molar-refractivity contribution in [3.8, 4) is 0 Å². The van der Waals surface area contributed by atoms with Crippen LogP contribution in [0.5, 0.6) is 0 Å². The summed E-state index contributed by atoms with van der Waals surface area (Å²) in [5.74, 6) is 0.174. The summed E-state index contributed by atoms with van der Waals surface area (Å²) < 4.78 is 0. The van der Waals surface area contributed by atoms with Crippen LogP contribution in [0, 0.1) is 0 Å². The number of carbonyl (C=O) groups is 2. The molecule has 0 saturated carbocycles. The molecule has 1 N–H and O–H groups in total. The molecule has 1 aromatic rings. The summed E-state index contributed by atoms with van der Waals surface area (Å²) in [6.07, 6.45) is 0.943. The standard InChI is InChI=1S/C20H29ClN4O2S/c1-3-8-22-20(27)24-12-9-23(10-13-24)11-14-25-18(26)15(2)28-19(25)16-6-4-5-7-17(16)21/h4-7,15,19H,3,8-14H2,1-2H3,(H,22,27)/t15-,19-/m0/s1. The lowest BCUT2D eigenvalue weighted by Gasteiger charge is -2.36. The van der Waals surface area contributed by atoms with E-state index in [-0.39, 0.29) is 22.6 Å². The van der Waals surface area contributed by atoms with E-state index in [0.29, 0.717) is 11.6 Å². The Morgan fingerprint density at radius 3 is 2.61 bits per heavy atom. The van der Waals surface area contributed by atoms with Gasteiger partial charge in [0, 0.05) is 56.4 Å². The third kappa shape index (κ3) is 4.93. The van der Waals surface area contributed by atoms with Crippen molar-refractivity contribution >= 4 is 35.3 Å². The van der Waals surface area contributed by atoms with E-state index in [1.165, 1.54) is 0 Å². The molecule has 3 amide bonds. The molecule has 2 heterocycles. The zero-order chi connectivity index (χ0) is 20.1. The largest absolute Gasteiger partial charge is 0.338 e. The fourth-order valence-electron chi connectivity index (χ4n) is 3.59. The number of rotatable bonds is 6. The number of nitrogens with zero attached hydrogens (tertiary/aromatic N) is 3. The number of hydrogen-bond donors (Lipinski definition) is 1. The van der Waals surface area contributed by atoms with Crippen LogP contribution in [-0.4, -0.2) is 77.7 Å². The van der Waals surface area contributed by atoms with Crippen LogP contribution in [0.1, 0.15) is 31.2 Å². The second kappa shape index (κ2) is 9.85. The van der Waals surface area contributed by atoms with Crippen LogP contribution >= 0.6 is 23.4 Å². The van der Waals surface area contributed by atoms with Crippen LogP contribution in [0.3, 0.4) is 0 Å². The molecule has 1 aromatic carbocycles. The minimum Gasteiger partial charge on any atom is -0.338 e. The first kappa shape index (κ1) is 21.3. The Morgan fingerprint density at radius 1 is 1.21 bits per heavy atom. The normalized spacial score (nSPS) is 23.3. The van der Waals surface area contributed by atoms with Crippen molar-refractivity contribution in [2.75, 3.05) is 45.8 Å². The van der Waals surface area contributed by atoms with E-state index in [1.54, 1.807) is 11.8 Å². The summed E-state index contributed by atoms with van der Waals surface area (Å²) in [6.45, 7) is 9.33. The van der Waals surface area contributed by atoms with Gasteiger partial charge in [-0.3, -0.25) is 9.69 Å². The van der Waals surface area contributed by atoms with Crippen LogP contribution in [0.25, 0.3) is 0 Å². The Balaban J connectivity index is 1.54. The SMILES string of the molecule is CCCNC(=O)N1CCN(CCN2C(=O)[C@H](C)S[C@H]2c2ccccc2Cl)CC1. The Labute approximate surface area is 176 Å². The number of carbonyl (C=O) groups excluding carboxylic acids is 2. The van der Waals surface area contributed by atoms with Gasteiger partial charge in [0.15, 0.2) is 0 Å². The van der Waals surface area contributed by atoms with E-state index >= 15 is 0 Å². The molecule has 3 rings (SSSR count). The molecule has 2 atom stereocenters. The van der Waals surface area contributed by atoms with Crippen LogP contribution in [0.2, 0.25) is 5.02 Å². The van der Waals surface area contributed by atoms with E-state index in [4.69, 9.17) is 11.6 Å². The molecule has 6 nitrogen and oxygen atoms in total. The first-order chi connectivity index (χ1) is 13.5. The zero-order valence-electron chi connectivity index (χ0n) is 16.6. The number of thioether (sulfide) groups is 1. The first-order valence-electron chi connectivity index (χ1n) is 9.96. The van der Waals surface area contributed by atoms with E-state index in [0.717, 1.165) is 51.3 Å². The van der Waals surface area contributed by atoms with Crippen LogP contribution < -0.4 is 5.32 Å². The van der Waals surface area contributed by atoms with Crippen LogP contribution in [-0.2, 0) is 4.79 Å². The van der Waals surface area contributed by atoms with Gasteiger partial charge < -0.3 is 15.1 Å². The molecule has 28 heavy (non-hydrogen) atoms. The lowest BCUT2D eigenvalue weighted by atomic mass is 10.2. The Hall–Kier alpha value is -1.44. The highest BCUT2D eigenvalue weighted by molar-refractivity contribution is 8.01. The number of benzene rings is 1. The number of nitrogens with one attached hydrogen (secondary N) is 1. The maximum atomic E-state index is 12.7. The molecule has 154 valence electrons. The van der Waals surface area contributed by atoms with Crippen molar-refractivity contribution in [2.45, 2.75) is 30.9 Å². The lowest BCUT2D eigenvalue weighted by molar-refractivity contribution is -0.130. The van der Waals surface area contributed by atoms with Gasteiger partial charge in [-0.1, -0.05) is 36.7 Å². The molecule has 0 aromatic heterocycles. The average Bonchev–Trinajstić information content (AvgIpc) is 2.99. The van der Waals surface area contributed by atoms with Crippen molar-refractivity contribution in [1.29, 1.82) is 0 Å². The molecule has 0 unspecified atom stereocenters. The van der Waals surface area contributed by atoms with Crippen molar-refractivity contribution in [2.24, 2.45) is 0 Å². The van der Waals surface area contributed by atoms with E-state index in [1.807, 2.05) is 47.9 Å². The molecule has 0 radical (unpaired) electrons. The van der Waals surface area contributed by atoms with Gasteiger partial charge in [0.1, 0.15) is 5.37 Å². The third-order valence-corrected chi connectivity index (χ3v) is 6.98. The van der Waals surface area contributed by atoms with E-state index < -0.39 is 0 Å². The van der Waals surface area contributed by atoms with Crippen molar-refractivity contribution < 1.29 is 9.59 Å². The summed E-state index contributed by atoms with van der Waals surface area (Å²) in [5, 5.41) is 3.56. The molecule has 8 heteroatoms. The summed E-state index contributed by atoms with van der Waals surface area (Å²) in [7, 11) is 0. The molecule has 0 bridgehead atoms. The highest BCUT2D eigenvalue weighted by Crippen LogP contribution is 2.44. The van der Waals surface area contributed by atoms with Gasteiger partial charge in [0.2, 0.25) is 5.91 Å². The van der Waals surface area contributed by atoms with Crippen molar-refractivity contribution in [3.05, 3.63) is 34.9 Å². The van der Waals surface area contributed by atoms with Gasteiger partial charge in [0.25, 0.3) is 0 Å². The predicted octanol–water partition coefficient (Wildman–Crippen LogP) is 3.04. The van der Waals surface area contributed by atoms with Gasteiger partial charge in [-0.25, -0.2) is 4.79 Å². The second-order valence-corrected chi connectivity index (χ2v) is 9.08. The minimum atomic E-state index is -0.0552. The summed E-state index contributed by atoms with van der Waals surface area (Å²) in [6, 6.07) is 7.80. The van der Waals surface area contributed by atoms with Gasteiger partial charge >= 0.3 is 6.03 Å². The summed E-state index contributed by atoms with van der Waals surface area (Å²) >= 11 is 8.05. The first-order valence-corrected chi connectivity index (χ1v) is 11.3. The maximum absolute atomic E-state index is 12.7. The third-order valence-electron chi connectivity index (χ3n) is 5.26. The fraction of sp³-hybridized carbons (Fsp3) is 0.600. The van der Waals surface area contributed by atoms with E-state index in [9.17, 15) is 9.59 Å². The summed E-state index contributed by atoms with van der Waals surface area (Å²) in [5.41, 5.74) is 1.00. The molecule has 2 fully saturated rings. The fourth-order valence-corrected chi connectivity index (χ4v) is 5.24. The Bertz CT molecular complexity index is 697. The molecule has 2 aliphatic rings. The lowest BCUT2D eigenvalue weighted by Crippen LogP contribution is -2.53. The topological polar surface area (TPSA) is 55.9 Å². The van der Waals surface area contributed by atoms with Crippen molar-refractivity contribution in [1.82, 2.24) is 20.0 Å². The molecule has 0 aliphatic carbocycles. The van der Waals surface area contributed by atoms with Gasteiger partial charge in [-0.15, -0.1) is 11.8 Å². The number of urea groups is 1. The number of halogens is 1.